The highest BCUT2D eigenvalue weighted by atomic mass is 127. The molecule has 1 saturated heterocycles. The van der Waals surface area contributed by atoms with Gasteiger partial charge in [-0.15, -0.1) is 0 Å². The van der Waals surface area contributed by atoms with Crippen LogP contribution >= 0.6 is 22.6 Å². The van der Waals surface area contributed by atoms with Crippen molar-refractivity contribution in [3.05, 3.63) is 27.8 Å². The molecule has 9 heteroatoms. The molecule has 1 aromatic rings. The molecule has 1 atom stereocenters. The van der Waals surface area contributed by atoms with Crippen molar-refractivity contribution in [3.63, 3.8) is 0 Å². The van der Waals surface area contributed by atoms with Crippen LogP contribution < -0.4 is 4.90 Å². The predicted molar refractivity (Wildman–Crippen MR) is 76.1 cm³/mol. The van der Waals surface area contributed by atoms with Gasteiger partial charge in [0, 0.05) is 9.26 Å². The third kappa shape index (κ3) is 3.03. The van der Waals surface area contributed by atoms with E-state index in [1.165, 1.54) is 12.1 Å². The number of amides is 1. The van der Waals surface area contributed by atoms with E-state index in [0.29, 0.717) is 0 Å². The van der Waals surface area contributed by atoms with Crippen LogP contribution in [0.25, 0.3) is 0 Å². The number of hydrogen-bond acceptors (Lipinski definition) is 4. The minimum atomic E-state index is -5.35. The topological polar surface area (TPSA) is 71.5 Å². The second kappa shape index (κ2) is 5.78. The van der Waals surface area contributed by atoms with Crippen LogP contribution in [0.4, 0.5) is 18.9 Å². The van der Waals surface area contributed by atoms with E-state index in [1.54, 1.807) is 12.1 Å². The first-order valence-corrected chi connectivity index (χ1v) is 6.96. The van der Waals surface area contributed by atoms with E-state index in [0.717, 1.165) is 8.47 Å². The van der Waals surface area contributed by atoms with Gasteiger partial charge in [0.1, 0.15) is 0 Å². The fourth-order valence-electron chi connectivity index (χ4n) is 1.98. The monoisotopic (exact) mass is 425 g/mol. The van der Waals surface area contributed by atoms with Crippen LogP contribution in [0.1, 0.15) is 0 Å². The summed E-state index contributed by atoms with van der Waals surface area (Å²) in [5.74, 6) is -9.29. The van der Waals surface area contributed by atoms with Gasteiger partial charge in [-0.25, -0.2) is 0 Å². The van der Waals surface area contributed by atoms with E-state index in [4.69, 9.17) is 0 Å². The fraction of sp³-hybridized carbons (Fsp3) is 0.231. The van der Waals surface area contributed by atoms with Crippen LogP contribution in [0.3, 0.4) is 0 Å². The average Bonchev–Trinajstić information content (AvgIpc) is 2.43. The molecule has 0 N–H and O–H groups in total. The molecule has 0 bridgehead atoms. The van der Waals surface area contributed by atoms with Crippen LogP contribution in [0.15, 0.2) is 24.3 Å². The molecule has 22 heavy (non-hydrogen) atoms. The van der Waals surface area contributed by atoms with Gasteiger partial charge in [0.05, 0.1) is 6.54 Å². The first kappa shape index (κ1) is 16.6. The zero-order valence-corrected chi connectivity index (χ0v) is 12.8. The molecule has 1 fully saturated rings. The summed E-state index contributed by atoms with van der Waals surface area (Å²) in [5, 5.41) is 0. The molecule has 0 radical (unpaired) electrons. The number of nitrogens with zero attached hydrogens (tertiary/aromatic N) is 1. The number of piperidine rings is 1. The number of hydrogen-bond donors (Lipinski definition) is 0. The van der Waals surface area contributed by atoms with Gasteiger partial charge < -0.3 is 0 Å². The Morgan fingerprint density at radius 3 is 2.18 bits per heavy atom. The SMILES string of the molecule is O=C1CN(c2ccc(I)cc2)C(=O)C(=O)C1C(=O)C(F)(F)F. The Balaban J connectivity index is 2.32. The molecule has 1 unspecified atom stereocenters. The molecule has 1 amide bonds. The molecule has 0 spiro atoms. The van der Waals surface area contributed by atoms with Crippen LogP contribution in [-0.4, -0.2) is 36.0 Å². The van der Waals surface area contributed by atoms with Crippen molar-refractivity contribution in [1.82, 2.24) is 0 Å². The largest absolute Gasteiger partial charge is 0.451 e. The quantitative estimate of drug-likeness (QED) is 0.410. The molecule has 2 rings (SSSR count). The summed E-state index contributed by atoms with van der Waals surface area (Å²) in [6, 6.07) is 6.11. The highest BCUT2D eigenvalue weighted by Gasteiger charge is 2.54. The van der Waals surface area contributed by atoms with Crippen molar-refractivity contribution in [3.8, 4) is 0 Å². The van der Waals surface area contributed by atoms with Crippen molar-refractivity contribution < 1.29 is 32.3 Å². The number of alkyl halides is 3. The second-order valence-corrected chi connectivity index (χ2v) is 5.74. The highest BCUT2D eigenvalue weighted by Crippen LogP contribution is 2.27. The second-order valence-electron chi connectivity index (χ2n) is 4.49. The third-order valence-corrected chi connectivity index (χ3v) is 3.75. The third-order valence-electron chi connectivity index (χ3n) is 3.03. The summed E-state index contributed by atoms with van der Waals surface area (Å²) < 4.78 is 38.0. The molecule has 0 aliphatic carbocycles. The van der Waals surface area contributed by atoms with E-state index in [-0.39, 0.29) is 5.69 Å². The van der Waals surface area contributed by atoms with Crippen LogP contribution in [0.5, 0.6) is 0 Å². The van der Waals surface area contributed by atoms with Gasteiger partial charge >= 0.3 is 6.18 Å². The van der Waals surface area contributed by atoms with Crippen molar-refractivity contribution in [2.45, 2.75) is 6.18 Å². The maximum Gasteiger partial charge on any atom is 0.451 e. The summed E-state index contributed by atoms with van der Waals surface area (Å²) in [5.41, 5.74) is 0.199. The lowest BCUT2D eigenvalue weighted by Crippen LogP contribution is -2.56. The Kier molecular flexibility index (Phi) is 4.36. The van der Waals surface area contributed by atoms with Gasteiger partial charge in [0.25, 0.3) is 11.7 Å². The predicted octanol–water partition coefficient (Wildman–Crippen LogP) is 1.52. The minimum Gasteiger partial charge on any atom is -0.298 e. The molecule has 1 heterocycles. The van der Waals surface area contributed by atoms with Crippen LogP contribution in [-0.2, 0) is 19.2 Å². The maximum absolute atomic E-state index is 12.4. The molecule has 0 saturated carbocycles. The zero-order chi connectivity index (χ0) is 16.7. The summed E-state index contributed by atoms with van der Waals surface area (Å²) in [7, 11) is 0. The van der Waals surface area contributed by atoms with Gasteiger partial charge in [-0.2, -0.15) is 13.2 Å². The van der Waals surface area contributed by atoms with Crippen LogP contribution in [0.2, 0.25) is 0 Å². The van der Waals surface area contributed by atoms with Gasteiger partial charge in [0.2, 0.25) is 5.78 Å². The maximum atomic E-state index is 12.4. The Morgan fingerprint density at radius 1 is 1.14 bits per heavy atom. The van der Waals surface area contributed by atoms with Gasteiger partial charge in [-0.05, 0) is 46.9 Å². The molecule has 5 nitrogen and oxygen atoms in total. The summed E-state index contributed by atoms with van der Waals surface area (Å²) in [6.07, 6.45) is -5.35. The molecular formula is C13H7F3INO4. The van der Waals surface area contributed by atoms with Crippen molar-refractivity contribution >= 4 is 51.5 Å². The Morgan fingerprint density at radius 2 is 1.68 bits per heavy atom. The Labute approximate surface area is 135 Å². The summed E-state index contributed by atoms with van der Waals surface area (Å²) in [4.78, 5) is 47.3. The number of carbonyl (C=O) groups excluding carboxylic acids is 4. The Hall–Kier alpha value is -1.78. The number of rotatable bonds is 2. The number of halogens is 4. The normalized spacial score (nSPS) is 19.5. The van der Waals surface area contributed by atoms with Crippen molar-refractivity contribution in [1.29, 1.82) is 0 Å². The summed E-state index contributed by atoms with van der Waals surface area (Å²) in [6.45, 7) is -0.752. The van der Waals surface area contributed by atoms with Gasteiger partial charge in [-0.1, -0.05) is 0 Å². The first-order chi connectivity index (χ1) is 10.1. The fourth-order valence-corrected chi connectivity index (χ4v) is 2.34. The number of benzene rings is 1. The van der Waals surface area contributed by atoms with Crippen molar-refractivity contribution in [2.24, 2.45) is 5.92 Å². The number of anilines is 1. The van der Waals surface area contributed by atoms with E-state index in [1.807, 2.05) is 22.6 Å². The molecule has 0 aromatic heterocycles. The van der Waals surface area contributed by atoms with Crippen molar-refractivity contribution in [2.75, 3.05) is 11.4 Å². The van der Waals surface area contributed by atoms with E-state index in [2.05, 4.69) is 0 Å². The average molecular weight is 425 g/mol. The zero-order valence-electron chi connectivity index (χ0n) is 10.7. The number of ketones is 3. The van der Waals surface area contributed by atoms with E-state index in [9.17, 15) is 32.3 Å². The first-order valence-electron chi connectivity index (χ1n) is 5.88. The molecule has 1 aromatic carbocycles. The molecular weight excluding hydrogens is 418 g/mol. The van der Waals surface area contributed by atoms with Crippen LogP contribution in [0, 0.1) is 9.49 Å². The van der Waals surface area contributed by atoms with Gasteiger partial charge in [-0.3, -0.25) is 24.1 Å². The number of Topliss-reactive ketones (excluding diaryl/α,β-unsaturated/α-hetero) is 3. The highest BCUT2D eigenvalue weighted by molar-refractivity contribution is 14.1. The van der Waals surface area contributed by atoms with Gasteiger partial charge in [0.15, 0.2) is 11.7 Å². The van der Waals surface area contributed by atoms with E-state index >= 15 is 0 Å². The smallest absolute Gasteiger partial charge is 0.298 e. The Bertz CT molecular complexity index is 669. The number of carbonyl (C=O) groups is 4. The lowest BCUT2D eigenvalue weighted by Gasteiger charge is -2.29. The lowest BCUT2D eigenvalue weighted by molar-refractivity contribution is -0.178. The van der Waals surface area contributed by atoms with E-state index < -0.39 is 41.9 Å². The summed E-state index contributed by atoms with van der Waals surface area (Å²) >= 11 is 1.99. The lowest BCUT2D eigenvalue weighted by atomic mass is 9.89. The molecule has 116 valence electrons. The molecule has 1 aliphatic heterocycles. The minimum absolute atomic E-state index is 0.199. The standard InChI is InChI=1S/C13H7F3INO4/c14-13(15,16)11(21)9-8(19)5-18(12(22)10(9)20)7-3-1-6(17)2-4-7/h1-4,9H,5H2. The molecule has 1 aliphatic rings.